The number of hydrogen-bond donors (Lipinski definition) is 0. The van der Waals surface area contributed by atoms with Crippen LogP contribution in [0.4, 0.5) is 4.39 Å². The quantitative estimate of drug-likeness (QED) is 0.686. The number of rotatable bonds is 3. The Balaban J connectivity index is 2.21. The van der Waals surface area contributed by atoms with E-state index in [-0.39, 0.29) is 11.2 Å². The molecule has 0 nitrogen and oxygen atoms in total. The summed E-state index contributed by atoms with van der Waals surface area (Å²) in [4.78, 5) is 0. The normalized spacial score (nSPS) is 12.4. The van der Waals surface area contributed by atoms with Gasteiger partial charge < -0.3 is 0 Å². The van der Waals surface area contributed by atoms with Crippen LogP contribution in [0.1, 0.15) is 27.6 Å². The Kier molecular flexibility index (Phi) is 4.03. The molecular weight excluding hydrogens is 247 g/mol. The van der Waals surface area contributed by atoms with Gasteiger partial charge in [0.15, 0.2) is 0 Å². The molecule has 0 amide bonds. The molecule has 0 radical (unpaired) electrons. The molecule has 0 N–H and O–H groups in total. The number of benzene rings is 2. The number of hydrogen-bond acceptors (Lipinski definition) is 0. The first kappa shape index (κ1) is 13.1. The van der Waals surface area contributed by atoms with Crippen LogP contribution in [0.5, 0.6) is 0 Å². The van der Waals surface area contributed by atoms with Gasteiger partial charge in [0, 0.05) is 0 Å². The van der Waals surface area contributed by atoms with Crippen LogP contribution < -0.4 is 0 Å². The van der Waals surface area contributed by atoms with Gasteiger partial charge in [0.25, 0.3) is 0 Å². The third kappa shape index (κ3) is 3.11. The third-order valence-electron chi connectivity index (χ3n) is 3.08. The predicted octanol–water partition coefficient (Wildman–Crippen LogP) is 4.97. The number of alkyl halides is 1. The van der Waals surface area contributed by atoms with Crippen molar-refractivity contribution in [1.29, 1.82) is 0 Å². The lowest BCUT2D eigenvalue weighted by Gasteiger charge is -2.13. The maximum atomic E-state index is 13.3. The van der Waals surface area contributed by atoms with Crippen LogP contribution in [0.2, 0.25) is 0 Å². The molecule has 0 heterocycles. The monoisotopic (exact) mass is 262 g/mol. The number of aryl methyl sites for hydroxylation is 2. The molecular formula is C16H16ClF. The fourth-order valence-corrected chi connectivity index (χ4v) is 2.52. The van der Waals surface area contributed by atoms with Crippen molar-refractivity contribution in [3.05, 3.63) is 70.5 Å². The second kappa shape index (κ2) is 5.53. The van der Waals surface area contributed by atoms with E-state index in [0.29, 0.717) is 6.42 Å². The molecule has 0 spiro atoms. The fourth-order valence-electron chi connectivity index (χ4n) is 2.10. The van der Waals surface area contributed by atoms with Gasteiger partial charge in [-0.2, -0.15) is 0 Å². The highest BCUT2D eigenvalue weighted by atomic mass is 35.5. The summed E-state index contributed by atoms with van der Waals surface area (Å²) in [5.74, 6) is -0.231. The maximum absolute atomic E-state index is 13.3. The standard InChI is InChI=1S/C16H16ClF/c1-11-4-3-5-13(8-11)9-16(17)15-10-14(18)7-6-12(15)2/h3-8,10,16H,9H2,1-2H3. The summed E-state index contributed by atoms with van der Waals surface area (Å²) in [6.07, 6.45) is 0.716. The molecule has 1 atom stereocenters. The van der Waals surface area contributed by atoms with E-state index in [2.05, 4.69) is 25.1 Å². The minimum absolute atomic E-state index is 0.192. The Hall–Kier alpha value is -1.34. The summed E-state index contributed by atoms with van der Waals surface area (Å²) in [5, 5.41) is -0.192. The highest BCUT2D eigenvalue weighted by molar-refractivity contribution is 6.21. The fraction of sp³-hybridized carbons (Fsp3) is 0.250. The summed E-state index contributed by atoms with van der Waals surface area (Å²) >= 11 is 6.40. The second-order valence-corrected chi connectivity index (χ2v) is 5.19. The van der Waals surface area contributed by atoms with Crippen LogP contribution in [0.25, 0.3) is 0 Å². The van der Waals surface area contributed by atoms with E-state index in [4.69, 9.17) is 11.6 Å². The molecule has 0 saturated heterocycles. The first-order chi connectivity index (χ1) is 8.56. The summed E-state index contributed by atoms with van der Waals surface area (Å²) in [5.41, 5.74) is 4.30. The molecule has 0 bridgehead atoms. The molecule has 2 rings (SSSR count). The van der Waals surface area contributed by atoms with E-state index in [1.807, 2.05) is 13.0 Å². The maximum Gasteiger partial charge on any atom is 0.123 e. The second-order valence-electron chi connectivity index (χ2n) is 4.66. The summed E-state index contributed by atoms with van der Waals surface area (Å²) in [7, 11) is 0. The van der Waals surface area contributed by atoms with E-state index >= 15 is 0 Å². The van der Waals surface area contributed by atoms with Crippen LogP contribution in [-0.2, 0) is 6.42 Å². The third-order valence-corrected chi connectivity index (χ3v) is 3.47. The number of halogens is 2. The van der Waals surface area contributed by atoms with E-state index < -0.39 is 0 Å². The first-order valence-electron chi connectivity index (χ1n) is 6.02. The minimum atomic E-state index is -0.231. The Labute approximate surface area is 112 Å². The average molecular weight is 263 g/mol. The van der Waals surface area contributed by atoms with Crippen molar-refractivity contribution in [2.45, 2.75) is 25.6 Å². The Morgan fingerprint density at radius 2 is 1.89 bits per heavy atom. The average Bonchev–Trinajstić information content (AvgIpc) is 2.32. The topological polar surface area (TPSA) is 0 Å². The van der Waals surface area contributed by atoms with Gasteiger partial charge in [0.05, 0.1) is 5.38 Å². The smallest absolute Gasteiger partial charge is 0.123 e. The van der Waals surface area contributed by atoms with Crippen molar-refractivity contribution in [2.75, 3.05) is 0 Å². The van der Waals surface area contributed by atoms with E-state index in [9.17, 15) is 4.39 Å². The van der Waals surface area contributed by atoms with Crippen LogP contribution in [-0.4, -0.2) is 0 Å². The van der Waals surface area contributed by atoms with Gasteiger partial charge in [-0.3, -0.25) is 0 Å². The van der Waals surface area contributed by atoms with Crippen molar-refractivity contribution in [3.63, 3.8) is 0 Å². The van der Waals surface area contributed by atoms with Crippen LogP contribution in [0.3, 0.4) is 0 Å². The van der Waals surface area contributed by atoms with Crippen molar-refractivity contribution in [3.8, 4) is 0 Å². The molecule has 2 heteroatoms. The molecule has 18 heavy (non-hydrogen) atoms. The SMILES string of the molecule is Cc1cccc(CC(Cl)c2cc(F)ccc2C)c1. The van der Waals surface area contributed by atoms with Gasteiger partial charge in [-0.1, -0.05) is 35.9 Å². The van der Waals surface area contributed by atoms with E-state index in [1.54, 1.807) is 6.07 Å². The first-order valence-corrected chi connectivity index (χ1v) is 6.45. The Bertz CT molecular complexity index is 549. The zero-order chi connectivity index (χ0) is 13.1. The minimum Gasteiger partial charge on any atom is -0.207 e. The molecule has 2 aromatic carbocycles. The van der Waals surface area contributed by atoms with Gasteiger partial charge in [-0.25, -0.2) is 4.39 Å². The van der Waals surface area contributed by atoms with E-state index in [1.165, 1.54) is 23.3 Å². The van der Waals surface area contributed by atoms with Crippen LogP contribution >= 0.6 is 11.6 Å². The zero-order valence-corrected chi connectivity index (χ0v) is 11.3. The van der Waals surface area contributed by atoms with Crippen molar-refractivity contribution >= 4 is 11.6 Å². The molecule has 94 valence electrons. The molecule has 0 aliphatic carbocycles. The molecule has 0 aliphatic heterocycles. The van der Waals surface area contributed by atoms with Crippen molar-refractivity contribution in [2.24, 2.45) is 0 Å². The van der Waals surface area contributed by atoms with Gasteiger partial charge >= 0.3 is 0 Å². The molecule has 1 unspecified atom stereocenters. The van der Waals surface area contributed by atoms with Crippen LogP contribution in [0.15, 0.2) is 42.5 Å². The molecule has 0 saturated carbocycles. The van der Waals surface area contributed by atoms with Gasteiger partial charge in [0.1, 0.15) is 5.82 Å². The lowest BCUT2D eigenvalue weighted by Crippen LogP contribution is -1.99. The highest BCUT2D eigenvalue weighted by Crippen LogP contribution is 2.28. The predicted molar refractivity (Wildman–Crippen MR) is 74.6 cm³/mol. The highest BCUT2D eigenvalue weighted by Gasteiger charge is 2.12. The van der Waals surface area contributed by atoms with Crippen molar-refractivity contribution < 1.29 is 4.39 Å². The van der Waals surface area contributed by atoms with Crippen molar-refractivity contribution in [1.82, 2.24) is 0 Å². The summed E-state index contributed by atoms with van der Waals surface area (Å²) < 4.78 is 13.3. The van der Waals surface area contributed by atoms with Gasteiger partial charge in [-0.05, 0) is 49.1 Å². The lowest BCUT2D eigenvalue weighted by atomic mass is 9.99. The molecule has 0 fully saturated rings. The van der Waals surface area contributed by atoms with Gasteiger partial charge in [0.2, 0.25) is 0 Å². The molecule has 2 aromatic rings. The Morgan fingerprint density at radius 3 is 2.61 bits per heavy atom. The lowest BCUT2D eigenvalue weighted by molar-refractivity contribution is 0.624. The summed E-state index contributed by atoms with van der Waals surface area (Å²) in [6.45, 7) is 4.01. The van der Waals surface area contributed by atoms with Crippen LogP contribution in [0, 0.1) is 19.7 Å². The van der Waals surface area contributed by atoms with Gasteiger partial charge in [-0.15, -0.1) is 11.6 Å². The summed E-state index contributed by atoms with van der Waals surface area (Å²) in [6, 6.07) is 13.0. The largest absolute Gasteiger partial charge is 0.207 e. The molecule has 0 aromatic heterocycles. The zero-order valence-electron chi connectivity index (χ0n) is 10.6. The molecule has 0 aliphatic rings. The van der Waals surface area contributed by atoms with E-state index in [0.717, 1.165) is 11.1 Å². The Morgan fingerprint density at radius 1 is 1.11 bits per heavy atom.